The van der Waals surface area contributed by atoms with Crippen molar-refractivity contribution in [3.63, 3.8) is 0 Å². The van der Waals surface area contributed by atoms with Gasteiger partial charge in [-0.05, 0) is 37.8 Å². The van der Waals surface area contributed by atoms with Crippen molar-refractivity contribution in [1.82, 2.24) is 20.2 Å². The van der Waals surface area contributed by atoms with Gasteiger partial charge in [-0.15, -0.1) is 0 Å². The third-order valence-corrected chi connectivity index (χ3v) is 7.86. The van der Waals surface area contributed by atoms with Crippen molar-refractivity contribution in [3.8, 4) is 0 Å². The molecule has 2 aromatic rings. The minimum atomic E-state index is -0.757. The first-order valence-corrected chi connectivity index (χ1v) is 13.3. The predicted molar refractivity (Wildman–Crippen MR) is 137 cm³/mol. The predicted octanol–water partition coefficient (Wildman–Crippen LogP) is 5.51. The second kappa shape index (κ2) is 10.2. The van der Waals surface area contributed by atoms with Crippen molar-refractivity contribution in [2.24, 2.45) is 5.41 Å². The molecule has 184 valence electrons. The van der Waals surface area contributed by atoms with E-state index in [4.69, 9.17) is 16.6 Å². The average molecular weight is 504 g/mol. The Kier molecular flexibility index (Phi) is 7.48. The molecule has 2 fully saturated rings. The first-order valence-electron chi connectivity index (χ1n) is 12.1. The van der Waals surface area contributed by atoms with E-state index in [-0.39, 0.29) is 17.7 Å². The van der Waals surface area contributed by atoms with E-state index in [1.807, 2.05) is 43.9 Å². The van der Waals surface area contributed by atoms with Crippen LogP contribution < -0.4 is 10.6 Å². The Bertz CT molecular complexity index is 1020. The van der Waals surface area contributed by atoms with Crippen molar-refractivity contribution in [3.05, 3.63) is 34.4 Å². The summed E-state index contributed by atoms with van der Waals surface area (Å²) in [5.74, 6) is 1.07. The summed E-state index contributed by atoms with van der Waals surface area (Å²) in [5.41, 5.74) is -0.257. The van der Waals surface area contributed by atoms with E-state index in [2.05, 4.69) is 15.6 Å². The number of likely N-dealkylation sites (tertiary alicyclic amines) is 1. The minimum absolute atomic E-state index is 0.0485. The lowest BCUT2D eigenvalue weighted by molar-refractivity contribution is -0.146. The van der Waals surface area contributed by atoms with E-state index in [1.165, 1.54) is 11.3 Å². The molecule has 34 heavy (non-hydrogen) atoms. The van der Waals surface area contributed by atoms with Gasteiger partial charge < -0.3 is 15.5 Å². The number of amides is 2. The lowest BCUT2D eigenvalue weighted by Gasteiger charge is -2.43. The highest BCUT2D eigenvalue weighted by Gasteiger charge is 2.45. The third-order valence-electron chi connectivity index (χ3n) is 6.83. The maximum Gasteiger partial charge on any atom is 0.248 e. The molecule has 0 bridgehead atoms. The number of hydrogen-bond acceptors (Lipinski definition) is 6. The van der Waals surface area contributed by atoms with Crippen LogP contribution in [0.1, 0.15) is 77.3 Å². The topological polar surface area (TPSA) is 87.2 Å². The molecule has 0 aromatic carbocycles. The molecule has 0 radical (unpaired) electrons. The molecule has 0 unspecified atom stereocenters. The molecule has 9 heteroatoms. The Morgan fingerprint density at radius 1 is 1.15 bits per heavy atom. The summed E-state index contributed by atoms with van der Waals surface area (Å²) in [7, 11) is 0. The summed E-state index contributed by atoms with van der Waals surface area (Å²) in [4.78, 5) is 37.5. The number of carbonyl (C=O) groups is 2. The van der Waals surface area contributed by atoms with Crippen LogP contribution in [-0.4, -0.2) is 45.3 Å². The molecule has 0 atom stereocenters. The molecule has 2 amide bonds. The number of nitrogens with one attached hydrogen (secondary N) is 2. The Labute approximate surface area is 210 Å². The van der Waals surface area contributed by atoms with Gasteiger partial charge in [0.2, 0.25) is 11.8 Å². The zero-order valence-corrected chi connectivity index (χ0v) is 21.8. The van der Waals surface area contributed by atoms with E-state index < -0.39 is 11.0 Å². The zero-order valence-electron chi connectivity index (χ0n) is 20.2. The molecule has 0 spiro atoms. The Hall–Kier alpha value is -2.19. The van der Waals surface area contributed by atoms with E-state index >= 15 is 0 Å². The van der Waals surface area contributed by atoms with E-state index in [0.717, 1.165) is 56.5 Å². The fraction of sp³-hybridized carbons (Fsp3) is 0.600. The summed E-state index contributed by atoms with van der Waals surface area (Å²) in [5, 5.41) is 7.11. The summed E-state index contributed by atoms with van der Waals surface area (Å²) in [6, 6.07) is 5.97. The average Bonchev–Trinajstić information content (AvgIpc) is 3.23. The fourth-order valence-electron chi connectivity index (χ4n) is 4.80. The van der Waals surface area contributed by atoms with Gasteiger partial charge in [0, 0.05) is 30.1 Å². The first-order chi connectivity index (χ1) is 16.2. The van der Waals surface area contributed by atoms with Gasteiger partial charge in [0.15, 0.2) is 5.13 Å². The van der Waals surface area contributed by atoms with Crippen LogP contribution in [0.5, 0.6) is 0 Å². The number of nitrogens with zero attached hydrogens (tertiary/aromatic N) is 3. The molecular formula is C25H34ClN5O2S. The van der Waals surface area contributed by atoms with Crippen LogP contribution in [0.25, 0.3) is 0 Å². The third kappa shape index (κ3) is 5.71. The molecule has 3 heterocycles. The first kappa shape index (κ1) is 24.9. The summed E-state index contributed by atoms with van der Waals surface area (Å²) in [6.45, 7) is 7.05. The molecule has 1 saturated heterocycles. The summed E-state index contributed by atoms with van der Waals surface area (Å²) >= 11 is 7.35. The zero-order chi connectivity index (χ0) is 24.3. The van der Waals surface area contributed by atoms with Crippen molar-refractivity contribution in [2.45, 2.75) is 77.2 Å². The number of pyridine rings is 1. The number of anilines is 2. The van der Waals surface area contributed by atoms with E-state index in [9.17, 15) is 9.59 Å². The Morgan fingerprint density at radius 2 is 1.85 bits per heavy atom. The molecule has 2 N–H and O–H groups in total. The quantitative estimate of drug-likeness (QED) is 0.562. The molecule has 2 aliphatic rings. The van der Waals surface area contributed by atoms with Crippen molar-refractivity contribution in [2.75, 3.05) is 18.4 Å². The monoisotopic (exact) mass is 503 g/mol. The van der Waals surface area contributed by atoms with Gasteiger partial charge in [-0.2, -0.15) is 0 Å². The van der Waals surface area contributed by atoms with Gasteiger partial charge in [-0.3, -0.25) is 9.59 Å². The smallest absolute Gasteiger partial charge is 0.248 e. The van der Waals surface area contributed by atoms with Crippen LogP contribution in [0.2, 0.25) is 4.34 Å². The highest BCUT2D eigenvalue weighted by Crippen LogP contribution is 2.35. The maximum atomic E-state index is 13.7. The Morgan fingerprint density at radius 3 is 2.47 bits per heavy atom. The standard InChI is InChI=1S/C25H34ClN5O2S/c1-24(2,3)21(32)30-25(12-5-4-6-13-25)22(33)31-14-10-17(11-15-31)18-8-7-9-20(28-18)29-23-27-16-19(26)34-23/h7-9,16-17H,4-6,10-15H2,1-3H3,(H,30,32)(H,27,28,29). The van der Waals surface area contributed by atoms with Crippen molar-refractivity contribution < 1.29 is 9.59 Å². The van der Waals surface area contributed by atoms with Gasteiger partial charge in [0.1, 0.15) is 15.7 Å². The van der Waals surface area contributed by atoms with Gasteiger partial charge in [-0.1, -0.05) is 69.0 Å². The van der Waals surface area contributed by atoms with Gasteiger partial charge in [0.05, 0.1) is 6.20 Å². The highest BCUT2D eigenvalue weighted by atomic mass is 35.5. The number of rotatable bonds is 5. The summed E-state index contributed by atoms with van der Waals surface area (Å²) < 4.78 is 0.630. The number of carbonyl (C=O) groups excluding carboxylic acids is 2. The SMILES string of the molecule is CC(C)(C)C(=O)NC1(C(=O)N2CCC(c3cccc(Nc4ncc(Cl)s4)n3)CC2)CCCCC1. The molecule has 2 aromatic heterocycles. The van der Waals surface area contributed by atoms with Crippen LogP contribution in [0.4, 0.5) is 10.9 Å². The van der Waals surface area contributed by atoms with Gasteiger partial charge >= 0.3 is 0 Å². The number of aromatic nitrogens is 2. The van der Waals surface area contributed by atoms with Crippen LogP contribution >= 0.6 is 22.9 Å². The highest BCUT2D eigenvalue weighted by molar-refractivity contribution is 7.19. The minimum Gasteiger partial charge on any atom is -0.341 e. The second-order valence-electron chi connectivity index (χ2n) is 10.5. The fourth-order valence-corrected chi connectivity index (χ4v) is 5.62. The molecule has 4 rings (SSSR count). The van der Waals surface area contributed by atoms with Crippen LogP contribution in [0.3, 0.4) is 0 Å². The number of halogens is 1. The van der Waals surface area contributed by atoms with Crippen LogP contribution in [0, 0.1) is 5.41 Å². The second-order valence-corrected chi connectivity index (χ2v) is 12.1. The van der Waals surface area contributed by atoms with Gasteiger partial charge in [0.25, 0.3) is 0 Å². The molecule has 1 aliphatic carbocycles. The van der Waals surface area contributed by atoms with Crippen LogP contribution in [-0.2, 0) is 9.59 Å². The summed E-state index contributed by atoms with van der Waals surface area (Å²) in [6.07, 6.45) is 7.84. The van der Waals surface area contributed by atoms with Crippen LogP contribution in [0.15, 0.2) is 24.4 Å². The number of thiazole rings is 1. The lowest BCUT2D eigenvalue weighted by Crippen LogP contribution is -2.62. The van der Waals surface area contributed by atoms with E-state index in [1.54, 1.807) is 6.20 Å². The number of piperidine rings is 1. The lowest BCUT2D eigenvalue weighted by atomic mass is 9.78. The number of hydrogen-bond donors (Lipinski definition) is 2. The molecular weight excluding hydrogens is 470 g/mol. The van der Waals surface area contributed by atoms with Gasteiger partial charge in [-0.25, -0.2) is 9.97 Å². The maximum absolute atomic E-state index is 13.7. The molecule has 7 nitrogen and oxygen atoms in total. The largest absolute Gasteiger partial charge is 0.341 e. The van der Waals surface area contributed by atoms with Crippen molar-refractivity contribution in [1.29, 1.82) is 0 Å². The normalized spacial score (nSPS) is 19.0. The van der Waals surface area contributed by atoms with E-state index in [0.29, 0.717) is 22.6 Å². The van der Waals surface area contributed by atoms with Crippen molar-refractivity contribution >= 4 is 45.7 Å². The molecule has 1 aliphatic heterocycles. The Balaban J connectivity index is 1.41. The molecule has 1 saturated carbocycles.